The molecule has 2 aromatic heterocycles. The minimum Gasteiger partial charge on any atom is -0.329 e. The zero-order valence-electron chi connectivity index (χ0n) is 16.8. The predicted molar refractivity (Wildman–Crippen MR) is 111 cm³/mol. The molecule has 0 unspecified atom stereocenters. The van der Waals surface area contributed by atoms with Crippen molar-refractivity contribution in [2.45, 2.75) is 20.3 Å². The van der Waals surface area contributed by atoms with Crippen LogP contribution in [0.3, 0.4) is 0 Å². The molecule has 0 aliphatic carbocycles. The van der Waals surface area contributed by atoms with Gasteiger partial charge in [-0.3, -0.25) is 14.6 Å². The van der Waals surface area contributed by atoms with E-state index in [0.29, 0.717) is 33.8 Å². The van der Waals surface area contributed by atoms with Crippen LogP contribution in [-0.4, -0.2) is 39.8 Å². The molecule has 0 aliphatic heterocycles. The van der Waals surface area contributed by atoms with Crippen LogP contribution >= 0.6 is 11.3 Å². The third-order valence-electron chi connectivity index (χ3n) is 4.30. The van der Waals surface area contributed by atoms with E-state index < -0.39 is 35.0 Å². The van der Waals surface area contributed by atoms with Crippen molar-refractivity contribution in [2.75, 3.05) is 18.4 Å². The first kappa shape index (κ1) is 22.4. The highest BCUT2D eigenvalue weighted by molar-refractivity contribution is 7.17. The molecule has 6 nitrogen and oxygen atoms in total. The molecule has 162 valence electrons. The van der Waals surface area contributed by atoms with E-state index in [0.717, 1.165) is 17.4 Å². The van der Waals surface area contributed by atoms with Crippen molar-refractivity contribution < 1.29 is 22.8 Å². The number of aryl methyl sites for hydroxylation is 1. The van der Waals surface area contributed by atoms with Gasteiger partial charge >= 0.3 is 0 Å². The third kappa shape index (κ3) is 5.08. The summed E-state index contributed by atoms with van der Waals surface area (Å²) in [6.45, 7) is 3.41. The van der Waals surface area contributed by atoms with Gasteiger partial charge in [-0.2, -0.15) is 0 Å². The topological polar surface area (TPSA) is 75.2 Å². The van der Waals surface area contributed by atoms with E-state index in [-0.39, 0.29) is 13.1 Å². The van der Waals surface area contributed by atoms with Crippen LogP contribution in [0.25, 0.3) is 10.7 Å². The van der Waals surface area contributed by atoms with Gasteiger partial charge in [0.1, 0.15) is 16.4 Å². The number of hydrogen-bond acceptors (Lipinski definition) is 5. The lowest BCUT2D eigenvalue weighted by atomic mass is 10.2. The van der Waals surface area contributed by atoms with Crippen molar-refractivity contribution in [2.24, 2.45) is 0 Å². The van der Waals surface area contributed by atoms with E-state index in [4.69, 9.17) is 0 Å². The van der Waals surface area contributed by atoms with Crippen molar-refractivity contribution in [1.29, 1.82) is 0 Å². The summed E-state index contributed by atoms with van der Waals surface area (Å²) in [5, 5.41) is 2.76. The first-order valence-electron chi connectivity index (χ1n) is 9.43. The van der Waals surface area contributed by atoms with Crippen LogP contribution in [0.5, 0.6) is 0 Å². The van der Waals surface area contributed by atoms with E-state index in [1.54, 1.807) is 25.3 Å². The maximum absolute atomic E-state index is 13.8. The Kier molecular flexibility index (Phi) is 7.01. The number of halogens is 3. The number of carbonyl (C=O) groups is 2. The smallest absolute Gasteiger partial charge is 0.266 e. The fourth-order valence-electron chi connectivity index (χ4n) is 2.85. The fraction of sp³-hybridized carbons (Fsp3) is 0.238. The first-order valence-corrected chi connectivity index (χ1v) is 10.2. The first-order chi connectivity index (χ1) is 14.8. The zero-order chi connectivity index (χ0) is 22.5. The number of anilines is 1. The van der Waals surface area contributed by atoms with Crippen LogP contribution in [0.15, 0.2) is 36.5 Å². The second-order valence-electron chi connectivity index (χ2n) is 6.65. The van der Waals surface area contributed by atoms with Crippen molar-refractivity contribution in [3.63, 3.8) is 0 Å². The van der Waals surface area contributed by atoms with Gasteiger partial charge in [0.15, 0.2) is 17.5 Å². The molecular formula is C21H19F3N4O2S. The Labute approximate surface area is 180 Å². The van der Waals surface area contributed by atoms with E-state index in [1.165, 1.54) is 4.90 Å². The molecule has 0 radical (unpaired) electrons. The summed E-state index contributed by atoms with van der Waals surface area (Å²) in [5.74, 6) is -5.68. The number of aromatic nitrogens is 2. The van der Waals surface area contributed by atoms with E-state index >= 15 is 0 Å². The Morgan fingerprint density at radius 3 is 2.58 bits per heavy atom. The Morgan fingerprint density at radius 1 is 1.13 bits per heavy atom. The number of pyridine rings is 1. The second kappa shape index (κ2) is 9.69. The fourth-order valence-corrected chi connectivity index (χ4v) is 3.86. The number of nitrogens with one attached hydrogen (secondary N) is 1. The summed E-state index contributed by atoms with van der Waals surface area (Å²) in [5.41, 5.74) is 0.631. The third-order valence-corrected chi connectivity index (χ3v) is 5.47. The van der Waals surface area contributed by atoms with Crippen LogP contribution in [-0.2, 0) is 4.79 Å². The van der Waals surface area contributed by atoms with Crippen LogP contribution in [0.1, 0.15) is 28.7 Å². The van der Waals surface area contributed by atoms with Crippen LogP contribution < -0.4 is 5.32 Å². The lowest BCUT2D eigenvalue weighted by Gasteiger charge is -2.21. The summed E-state index contributed by atoms with van der Waals surface area (Å²) in [6, 6.07) is 6.99. The highest BCUT2D eigenvalue weighted by Gasteiger charge is 2.24. The number of hydrogen-bond donors (Lipinski definition) is 1. The molecule has 0 saturated carbocycles. The molecule has 31 heavy (non-hydrogen) atoms. The number of nitrogens with zero attached hydrogens (tertiary/aromatic N) is 3. The molecule has 2 amide bonds. The lowest BCUT2D eigenvalue weighted by molar-refractivity contribution is -0.116. The van der Waals surface area contributed by atoms with Gasteiger partial charge in [-0.05, 0) is 37.6 Å². The number of rotatable bonds is 7. The van der Waals surface area contributed by atoms with Crippen LogP contribution in [0.2, 0.25) is 0 Å². The minimum atomic E-state index is -1.68. The largest absolute Gasteiger partial charge is 0.329 e. The molecule has 3 rings (SSSR count). The predicted octanol–water partition coefficient (Wildman–Crippen LogP) is 4.42. The van der Waals surface area contributed by atoms with E-state index in [2.05, 4.69) is 15.3 Å². The van der Waals surface area contributed by atoms with Gasteiger partial charge in [0.05, 0.1) is 17.1 Å². The summed E-state index contributed by atoms with van der Waals surface area (Å²) >= 11 is 1.16. The minimum absolute atomic E-state index is 0.267. The Balaban J connectivity index is 1.77. The molecule has 0 bridgehead atoms. The number of benzene rings is 1. The highest BCUT2D eigenvalue weighted by atomic mass is 32.1. The van der Waals surface area contributed by atoms with Gasteiger partial charge in [-0.1, -0.05) is 13.0 Å². The average molecular weight is 448 g/mol. The molecule has 1 aromatic carbocycles. The lowest BCUT2D eigenvalue weighted by Crippen LogP contribution is -2.38. The summed E-state index contributed by atoms with van der Waals surface area (Å²) in [4.78, 5) is 35.7. The molecule has 0 fully saturated rings. The molecule has 2 heterocycles. The van der Waals surface area contributed by atoms with Gasteiger partial charge in [0.2, 0.25) is 5.91 Å². The maximum atomic E-state index is 13.8. The van der Waals surface area contributed by atoms with Crippen molar-refractivity contribution in [3.8, 4) is 10.7 Å². The van der Waals surface area contributed by atoms with Gasteiger partial charge < -0.3 is 10.2 Å². The van der Waals surface area contributed by atoms with Crippen LogP contribution in [0, 0.1) is 24.4 Å². The van der Waals surface area contributed by atoms with Gasteiger partial charge in [0.25, 0.3) is 5.91 Å². The molecule has 0 saturated heterocycles. The van der Waals surface area contributed by atoms with Crippen molar-refractivity contribution >= 4 is 28.8 Å². The van der Waals surface area contributed by atoms with Crippen molar-refractivity contribution in [3.05, 3.63) is 64.6 Å². The number of thiazole rings is 1. The average Bonchev–Trinajstić information content (AvgIpc) is 3.15. The molecule has 0 atom stereocenters. The summed E-state index contributed by atoms with van der Waals surface area (Å²) in [6.07, 6.45) is 2.20. The molecule has 3 aromatic rings. The molecule has 0 aliphatic rings. The van der Waals surface area contributed by atoms with Crippen LogP contribution in [0.4, 0.5) is 18.9 Å². The van der Waals surface area contributed by atoms with E-state index in [1.807, 2.05) is 13.0 Å². The monoisotopic (exact) mass is 448 g/mol. The summed E-state index contributed by atoms with van der Waals surface area (Å²) < 4.78 is 40.3. The van der Waals surface area contributed by atoms with Gasteiger partial charge in [0, 0.05) is 12.7 Å². The number of carbonyl (C=O) groups excluding carboxylic acids is 2. The Morgan fingerprint density at radius 2 is 1.90 bits per heavy atom. The Bertz CT molecular complexity index is 1110. The maximum Gasteiger partial charge on any atom is 0.266 e. The highest BCUT2D eigenvalue weighted by Crippen LogP contribution is 2.27. The standard InChI is InChI=1S/C21H19F3N4O2S/c1-3-10-28(11-16(29)27-14-8-7-13(22)17(23)18(14)24)21(30)19-12(2)26-20(31-19)15-6-4-5-9-25-15/h4-9H,3,10-11H2,1-2H3,(H,27,29). The summed E-state index contributed by atoms with van der Waals surface area (Å²) in [7, 11) is 0. The number of amides is 2. The van der Waals surface area contributed by atoms with E-state index in [9.17, 15) is 22.8 Å². The van der Waals surface area contributed by atoms with Gasteiger partial charge in [-0.15, -0.1) is 11.3 Å². The molecule has 1 N–H and O–H groups in total. The molecule has 0 spiro atoms. The zero-order valence-corrected chi connectivity index (χ0v) is 17.6. The molecular weight excluding hydrogens is 429 g/mol. The van der Waals surface area contributed by atoms with Gasteiger partial charge in [-0.25, -0.2) is 18.2 Å². The second-order valence-corrected chi connectivity index (χ2v) is 7.65. The SMILES string of the molecule is CCCN(CC(=O)Nc1ccc(F)c(F)c1F)C(=O)c1sc(-c2ccccn2)nc1C. The normalized spacial score (nSPS) is 10.7. The van der Waals surface area contributed by atoms with Crippen molar-refractivity contribution in [1.82, 2.24) is 14.9 Å². The molecule has 10 heteroatoms. The Hall–Kier alpha value is -3.27. The quantitative estimate of drug-likeness (QED) is 0.543.